The zero-order valence-corrected chi connectivity index (χ0v) is 17.3. The molecule has 0 aliphatic rings. The van der Waals surface area contributed by atoms with E-state index in [9.17, 15) is 9.50 Å². The van der Waals surface area contributed by atoms with E-state index < -0.39 is 11.9 Å². The summed E-state index contributed by atoms with van der Waals surface area (Å²) in [6.45, 7) is 8.90. The van der Waals surface area contributed by atoms with Crippen molar-refractivity contribution in [2.45, 2.75) is 46.4 Å². The lowest BCUT2D eigenvalue weighted by atomic mass is 10.2. The molecular weight excluding hydrogens is 369 g/mol. The van der Waals surface area contributed by atoms with Gasteiger partial charge >= 0.3 is 0 Å². The highest BCUT2D eigenvalue weighted by Gasteiger charge is 2.23. The lowest BCUT2D eigenvalue weighted by molar-refractivity contribution is 0.102. The number of hydrogen-bond donors (Lipinski definition) is 1. The summed E-state index contributed by atoms with van der Waals surface area (Å²) in [5.74, 6) is 0.203. The van der Waals surface area contributed by atoms with E-state index >= 15 is 0 Å². The molecule has 0 aliphatic heterocycles. The Hall–Kier alpha value is -2.70. The van der Waals surface area contributed by atoms with Crippen LogP contribution in [0.3, 0.4) is 0 Å². The van der Waals surface area contributed by atoms with E-state index in [4.69, 9.17) is 4.74 Å². The summed E-state index contributed by atoms with van der Waals surface area (Å²) in [4.78, 5) is 2.15. The normalized spacial score (nSPS) is 12.6. The number of ether oxygens (including phenoxy) is 1. The predicted molar refractivity (Wildman–Crippen MR) is 112 cm³/mol. The smallest absolute Gasteiger partial charge is 0.227 e. The Bertz CT molecular complexity index is 939. The van der Waals surface area contributed by atoms with E-state index in [0.29, 0.717) is 19.0 Å². The van der Waals surface area contributed by atoms with Gasteiger partial charge in [-0.25, -0.2) is 9.07 Å². The van der Waals surface area contributed by atoms with E-state index in [1.165, 1.54) is 6.07 Å². The minimum Gasteiger partial charge on any atom is -0.435 e. The minimum absolute atomic E-state index is 0.150. The SMILES string of the molecule is Cc1nn(-c2ccccc2)c(Oc2ccccc2F)c1CN(CC(C)O)C(C)C. The summed E-state index contributed by atoms with van der Waals surface area (Å²) >= 11 is 0. The summed E-state index contributed by atoms with van der Waals surface area (Å²) in [5.41, 5.74) is 2.50. The van der Waals surface area contributed by atoms with Crippen LogP contribution in [0.25, 0.3) is 5.69 Å². The largest absolute Gasteiger partial charge is 0.435 e. The molecule has 1 N–H and O–H groups in total. The summed E-state index contributed by atoms with van der Waals surface area (Å²) in [6.07, 6.45) is -0.460. The third-order valence-electron chi connectivity index (χ3n) is 4.77. The molecule has 2 aromatic carbocycles. The Morgan fingerprint density at radius 3 is 2.34 bits per heavy atom. The average molecular weight is 397 g/mol. The van der Waals surface area contributed by atoms with Gasteiger partial charge in [0.2, 0.25) is 5.88 Å². The second-order valence-corrected chi connectivity index (χ2v) is 7.52. The third kappa shape index (κ3) is 5.02. The molecule has 3 aromatic rings. The van der Waals surface area contributed by atoms with Gasteiger partial charge in [0.1, 0.15) is 0 Å². The quantitative estimate of drug-likeness (QED) is 0.598. The lowest BCUT2D eigenvalue weighted by Crippen LogP contribution is -2.36. The van der Waals surface area contributed by atoms with Gasteiger partial charge in [-0.05, 0) is 52.0 Å². The molecule has 29 heavy (non-hydrogen) atoms. The first-order chi connectivity index (χ1) is 13.9. The number of nitrogens with zero attached hydrogens (tertiary/aromatic N) is 3. The van der Waals surface area contributed by atoms with Crippen molar-refractivity contribution in [2.24, 2.45) is 0 Å². The fourth-order valence-corrected chi connectivity index (χ4v) is 3.20. The van der Waals surface area contributed by atoms with E-state index in [-0.39, 0.29) is 11.8 Å². The number of halogens is 1. The van der Waals surface area contributed by atoms with Crippen LogP contribution in [0.2, 0.25) is 0 Å². The maximum Gasteiger partial charge on any atom is 0.227 e. The summed E-state index contributed by atoms with van der Waals surface area (Å²) in [5, 5.41) is 14.6. The van der Waals surface area contributed by atoms with Crippen molar-refractivity contribution in [1.29, 1.82) is 0 Å². The molecule has 1 heterocycles. The fraction of sp³-hybridized carbons (Fsp3) is 0.348. The monoisotopic (exact) mass is 397 g/mol. The lowest BCUT2D eigenvalue weighted by Gasteiger charge is -2.28. The van der Waals surface area contributed by atoms with Gasteiger partial charge in [-0.2, -0.15) is 5.10 Å². The van der Waals surface area contributed by atoms with Crippen LogP contribution in [0, 0.1) is 12.7 Å². The fourth-order valence-electron chi connectivity index (χ4n) is 3.20. The summed E-state index contributed by atoms with van der Waals surface area (Å²) in [6, 6.07) is 16.2. The van der Waals surface area contributed by atoms with Crippen LogP contribution in [0.5, 0.6) is 11.6 Å². The number of benzene rings is 2. The zero-order valence-electron chi connectivity index (χ0n) is 17.3. The summed E-state index contributed by atoms with van der Waals surface area (Å²) in [7, 11) is 0. The number of hydrogen-bond acceptors (Lipinski definition) is 4. The molecular formula is C23H28FN3O2. The average Bonchev–Trinajstić information content (AvgIpc) is 2.99. The Labute approximate surface area is 171 Å². The topological polar surface area (TPSA) is 50.5 Å². The molecule has 1 aromatic heterocycles. The number of aromatic nitrogens is 2. The molecule has 0 fully saturated rings. The first-order valence-corrected chi connectivity index (χ1v) is 9.85. The van der Waals surface area contributed by atoms with Crippen molar-refractivity contribution in [3.8, 4) is 17.3 Å². The molecule has 0 radical (unpaired) electrons. The predicted octanol–water partition coefficient (Wildman–Crippen LogP) is 4.70. The van der Waals surface area contributed by atoms with Crippen molar-refractivity contribution in [3.63, 3.8) is 0 Å². The van der Waals surface area contributed by atoms with Crippen molar-refractivity contribution in [2.75, 3.05) is 6.54 Å². The number of aliphatic hydroxyl groups is 1. The Morgan fingerprint density at radius 1 is 1.07 bits per heavy atom. The van der Waals surface area contributed by atoms with Gasteiger partial charge in [0, 0.05) is 19.1 Å². The van der Waals surface area contributed by atoms with E-state index in [2.05, 4.69) is 23.8 Å². The molecule has 1 unspecified atom stereocenters. The van der Waals surface area contributed by atoms with Gasteiger partial charge in [-0.3, -0.25) is 4.90 Å². The second kappa shape index (κ2) is 9.20. The number of aliphatic hydroxyl groups excluding tert-OH is 1. The highest BCUT2D eigenvalue weighted by Crippen LogP contribution is 2.33. The molecule has 0 bridgehead atoms. The molecule has 0 aliphatic carbocycles. The van der Waals surface area contributed by atoms with Gasteiger partial charge in [0.25, 0.3) is 0 Å². The third-order valence-corrected chi connectivity index (χ3v) is 4.77. The molecule has 0 spiro atoms. The van der Waals surface area contributed by atoms with Crippen molar-refractivity contribution < 1.29 is 14.2 Å². The standard InChI is InChI=1S/C23H28FN3O2/c1-16(2)26(14-17(3)28)15-20-18(4)25-27(19-10-6-5-7-11-19)23(20)29-22-13-9-8-12-21(22)24/h5-13,16-17,28H,14-15H2,1-4H3. The Balaban J connectivity index is 2.07. The number of rotatable bonds is 8. The van der Waals surface area contributed by atoms with Gasteiger partial charge in [-0.1, -0.05) is 30.3 Å². The molecule has 0 saturated carbocycles. The Kier molecular flexibility index (Phi) is 6.67. The van der Waals surface area contributed by atoms with E-state index in [1.54, 1.807) is 29.8 Å². The summed E-state index contributed by atoms with van der Waals surface area (Å²) < 4.78 is 22.1. The molecule has 1 atom stereocenters. The van der Waals surface area contributed by atoms with Crippen molar-refractivity contribution >= 4 is 0 Å². The van der Waals surface area contributed by atoms with Crippen LogP contribution < -0.4 is 4.74 Å². The van der Waals surface area contributed by atoms with Crippen LogP contribution in [0.15, 0.2) is 54.6 Å². The molecule has 0 saturated heterocycles. The van der Waals surface area contributed by atoms with Gasteiger partial charge in [0.05, 0.1) is 23.0 Å². The van der Waals surface area contributed by atoms with Gasteiger partial charge < -0.3 is 9.84 Å². The maximum absolute atomic E-state index is 14.3. The van der Waals surface area contributed by atoms with Gasteiger partial charge in [0.15, 0.2) is 11.6 Å². The zero-order chi connectivity index (χ0) is 21.0. The molecule has 3 rings (SSSR count). The number of aryl methyl sites for hydroxylation is 1. The van der Waals surface area contributed by atoms with Crippen LogP contribution >= 0.6 is 0 Å². The van der Waals surface area contributed by atoms with Crippen LogP contribution in [-0.4, -0.2) is 38.5 Å². The van der Waals surface area contributed by atoms with Crippen molar-refractivity contribution in [1.82, 2.24) is 14.7 Å². The van der Waals surface area contributed by atoms with Crippen molar-refractivity contribution in [3.05, 3.63) is 71.7 Å². The first-order valence-electron chi connectivity index (χ1n) is 9.85. The highest BCUT2D eigenvalue weighted by atomic mass is 19.1. The minimum atomic E-state index is -0.460. The first kappa shape index (κ1) is 21.0. The van der Waals surface area contributed by atoms with E-state index in [1.807, 2.05) is 37.3 Å². The van der Waals surface area contributed by atoms with Gasteiger partial charge in [-0.15, -0.1) is 0 Å². The van der Waals surface area contributed by atoms with Crippen LogP contribution in [-0.2, 0) is 6.54 Å². The molecule has 6 heteroatoms. The highest BCUT2D eigenvalue weighted by molar-refractivity contribution is 5.43. The van der Waals surface area contributed by atoms with Crippen LogP contribution in [0.4, 0.5) is 4.39 Å². The number of para-hydroxylation sites is 2. The second-order valence-electron chi connectivity index (χ2n) is 7.52. The molecule has 154 valence electrons. The molecule has 0 amide bonds. The maximum atomic E-state index is 14.3. The Morgan fingerprint density at radius 2 is 1.72 bits per heavy atom. The van der Waals surface area contributed by atoms with Crippen LogP contribution in [0.1, 0.15) is 32.0 Å². The molecule has 5 nitrogen and oxygen atoms in total. The van der Waals surface area contributed by atoms with E-state index in [0.717, 1.165) is 16.9 Å².